The maximum absolute atomic E-state index is 13.8. The monoisotopic (exact) mass is 442 g/mol. The molecule has 1 fully saturated rings. The van der Waals surface area contributed by atoms with E-state index in [1.807, 2.05) is 0 Å². The minimum absolute atomic E-state index is 0.107. The first-order valence-corrected chi connectivity index (χ1v) is 9.42. The highest BCUT2D eigenvalue weighted by Gasteiger charge is 2.28. The highest BCUT2D eigenvalue weighted by Crippen LogP contribution is 2.17. The standard InChI is InChI=1S/C20H19F5N4O2/c21-12-7-17(25)19(27-10-12)20(31)29-3-1-28(2-4-29)18(30)8-13(26)5-11-6-15(23)16(24)9-14(11)22/h6-7,9-10,13H,1-5,8,26H2/t13-/m1/s1. The first-order chi connectivity index (χ1) is 14.7. The Labute approximate surface area is 174 Å². The predicted molar refractivity (Wildman–Crippen MR) is 99.2 cm³/mol. The van der Waals surface area contributed by atoms with E-state index in [0.717, 1.165) is 6.20 Å². The Balaban J connectivity index is 1.53. The SMILES string of the molecule is N[C@@H](CC(=O)N1CCN(C(=O)c2ncc(F)cc2F)CC1)Cc1cc(F)c(F)cc1F. The highest BCUT2D eigenvalue weighted by molar-refractivity contribution is 5.92. The van der Waals surface area contributed by atoms with Crippen LogP contribution < -0.4 is 5.73 Å². The zero-order chi connectivity index (χ0) is 22.7. The van der Waals surface area contributed by atoms with Crippen LogP contribution in [-0.4, -0.2) is 58.8 Å². The van der Waals surface area contributed by atoms with Crippen LogP contribution in [0.2, 0.25) is 0 Å². The van der Waals surface area contributed by atoms with Gasteiger partial charge in [-0.1, -0.05) is 0 Å². The molecule has 31 heavy (non-hydrogen) atoms. The lowest BCUT2D eigenvalue weighted by Crippen LogP contribution is -2.51. The fraction of sp³-hybridized carbons (Fsp3) is 0.350. The molecule has 2 aromatic rings. The fourth-order valence-corrected chi connectivity index (χ4v) is 3.31. The maximum atomic E-state index is 13.8. The third-order valence-electron chi connectivity index (χ3n) is 4.94. The molecule has 6 nitrogen and oxygen atoms in total. The second-order valence-electron chi connectivity index (χ2n) is 7.18. The molecule has 0 saturated carbocycles. The molecule has 1 aliphatic rings. The van der Waals surface area contributed by atoms with Crippen LogP contribution >= 0.6 is 0 Å². The number of hydrogen-bond donors (Lipinski definition) is 1. The summed E-state index contributed by atoms with van der Waals surface area (Å²) in [6.45, 7) is 0.519. The van der Waals surface area contributed by atoms with Crippen molar-refractivity contribution in [2.24, 2.45) is 5.73 Å². The van der Waals surface area contributed by atoms with Gasteiger partial charge in [0, 0.05) is 50.8 Å². The van der Waals surface area contributed by atoms with Gasteiger partial charge >= 0.3 is 0 Å². The van der Waals surface area contributed by atoms with Crippen LogP contribution in [0.4, 0.5) is 22.0 Å². The number of carbonyl (C=O) groups is 2. The second kappa shape index (κ2) is 9.38. The maximum Gasteiger partial charge on any atom is 0.275 e. The smallest absolute Gasteiger partial charge is 0.275 e. The number of pyridine rings is 1. The van der Waals surface area contributed by atoms with Gasteiger partial charge in [-0.25, -0.2) is 26.9 Å². The molecule has 3 rings (SSSR count). The molecule has 2 N–H and O–H groups in total. The Kier molecular flexibility index (Phi) is 6.84. The summed E-state index contributed by atoms with van der Waals surface area (Å²) < 4.78 is 66.8. The average Bonchev–Trinajstić information content (AvgIpc) is 2.71. The first kappa shape index (κ1) is 22.6. The van der Waals surface area contributed by atoms with Gasteiger partial charge in [0.25, 0.3) is 5.91 Å². The largest absolute Gasteiger partial charge is 0.339 e. The zero-order valence-corrected chi connectivity index (χ0v) is 16.3. The summed E-state index contributed by atoms with van der Waals surface area (Å²) in [6.07, 6.45) is 0.413. The summed E-state index contributed by atoms with van der Waals surface area (Å²) in [7, 11) is 0. The minimum atomic E-state index is -1.31. The van der Waals surface area contributed by atoms with Crippen LogP contribution in [0.3, 0.4) is 0 Å². The normalized spacial score (nSPS) is 15.2. The van der Waals surface area contributed by atoms with E-state index in [2.05, 4.69) is 4.98 Å². The van der Waals surface area contributed by atoms with Gasteiger partial charge in [-0.15, -0.1) is 0 Å². The molecular formula is C20H19F5N4O2. The van der Waals surface area contributed by atoms with Crippen LogP contribution in [0.25, 0.3) is 0 Å². The van der Waals surface area contributed by atoms with Crippen LogP contribution in [0.1, 0.15) is 22.5 Å². The summed E-state index contributed by atoms with van der Waals surface area (Å²) in [5, 5.41) is 0. The van der Waals surface area contributed by atoms with Crippen LogP contribution in [0, 0.1) is 29.1 Å². The number of halogens is 5. The van der Waals surface area contributed by atoms with Crippen LogP contribution in [-0.2, 0) is 11.2 Å². The first-order valence-electron chi connectivity index (χ1n) is 9.42. The number of rotatable bonds is 5. The minimum Gasteiger partial charge on any atom is -0.339 e. The van der Waals surface area contributed by atoms with E-state index >= 15 is 0 Å². The summed E-state index contributed by atoms with van der Waals surface area (Å²) in [5.41, 5.74) is 5.24. The summed E-state index contributed by atoms with van der Waals surface area (Å²) in [6, 6.07) is 0.872. The average molecular weight is 442 g/mol. The van der Waals surface area contributed by atoms with Gasteiger partial charge in [-0.2, -0.15) is 0 Å². The van der Waals surface area contributed by atoms with Gasteiger partial charge in [0.1, 0.15) is 11.6 Å². The van der Waals surface area contributed by atoms with Crippen LogP contribution in [0.15, 0.2) is 24.4 Å². The van der Waals surface area contributed by atoms with Gasteiger partial charge in [0.2, 0.25) is 5.91 Å². The summed E-state index contributed by atoms with van der Waals surface area (Å²) >= 11 is 0. The molecule has 1 aliphatic heterocycles. The fourth-order valence-electron chi connectivity index (χ4n) is 3.31. The Morgan fingerprint density at radius 3 is 2.16 bits per heavy atom. The number of benzene rings is 1. The van der Waals surface area contributed by atoms with Crippen molar-refractivity contribution < 1.29 is 31.5 Å². The predicted octanol–water partition coefficient (Wildman–Crippen LogP) is 2.02. The van der Waals surface area contributed by atoms with Crippen molar-refractivity contribution in [3.05, 3.63) is 64.7 Å². The second-order valence-corrected chi connectivity index (χ2v) is 7.18. The van der Waals surface area contributed by atoms with E-state index in [9.17, 15) is 31.5 Å². The lowest BCUT2D eigenvalue weighted by Gasteiger charge is -2.35. The Hall–Kier alpha value is -3.08. The number of nitrogens with two attached hydrogens (primary N) is 1. The number of carbonyl (C=O) groups excluding carboxylic acids is 2. The molecule has 0 unspecified atom stereocenters. The van der Waals surface area contributed by atoms with Crippen molar-refractivity contribution in [2.75, 3.05) is 26.2 Å². The Bertz CT molecular complexity index is 996. The molecule has 1 saturated heterocycles. The number of nitrogens with zero attached hydrogens (tertiary/aromatic N) is 3. The zero-order valence-electron chi connectivity index (χ0n) is 16.3. The lowest BCUT2D eigenvalue weighted by molar-refractivity contribution is -0.133. The van der Waals surface area contributed by atoms with Gasteiger partial charge in [-0.05, 0) is 18.1 Å². The van der Waals surface area contributed by atoms with Gasteiger partial charge in [0.05, 0.1) is 6.20 Å². The molecule has 166 valence electrons. The van der Waals surface area contributed by atoms with Gasteiger partial charge in [-0.3, -0.25) is 9.59 Å². The number of piperazine rings is 1. The number of aromatic nitrogens is 1. The Morgan fingerprint density at radius 2 is 1.52 bits per heavy atom. The van der Waals surface area contributed by atoms with E-state index in [1.165, 1.54) is 9.80 Å². The molecule has 0 radical (unpaired) electrons. The van der Waals surface area contributed by atoms with E-state index in [4.69, 9.17) is 5.73 Å². The molecular weight excluding hydrogens is 423 g/mol. The number of amides is 2. The number of hydrogen-bond acceptors (Lipinski definition) is 4. The summed E-state index contributed by atoms with van der Waals surface area (Å²) in [4.78, 5) is 31.0. The van der Waals surface area contributed by atoms with Gasteiger partial charge < -0.3 is 15.5 Å². The van der Waals surface area contributed by atoms with Crippen molar-refractivity contribution in [2.45, 2.75) is 18.9 Å². The Morgan fingerprint density at radius 1 is 0.903 bits per heavy atom. The van der Waals surface area contributed by atoms with E-state index in [1.54, 1.807) is 0 Å². The molecule has 1 atom stereocenters. The molecule has 1 aromatic carbocycles. The van der Waals surface area contributed by atoms with Crippen molar-refractivity contribution in [1.82, 2.24) is 14.8 Å². The molecule has 11 heteroatoms. The molecule has 0 bridgehead atoms. The molecule has 2 amide bonds. The van der Waals surface area contributed by atoms with Crippen molar-refractivity contribution in [3.8, 4) is 0 Å². The molecule has 1 aromatic heterocycles. The summed E-state index contributed by atoms with van der Waals surface area (Å²) in [5.74, 6) is -6.50. The van der Waals surface area contributed by atoms with Crippen molar-refractivity contribution >= 4 is 11.8 Å². The van der Waals surface area contributed by atoms with Gasteiger partial charge in [0.15, 0.2) is 23.1 Å². The molecule has 0 aliphatic carbocycles. The third-order valence-corrected chi connectivity index (χ3v) is 4.94. The molecule has 2 heterocycles. The van der Waals surface area contributed by atoms with E-state index in [-0.39, 0.29) is 50.5 Å². The third kappa shape index (κ3) is 5.35. The quantitative estimate of drug-likeness (QED) is 0.568. The van der Waals surface area contributed by atoms with E-state index in [0.29, 0.717) is 18.2 Å². The lowest BCUT2D eigenvalue weighted by atomic mass is 10.0. The van der Waals surface area contributed by atoms with E-state index < -0.39 is 46.7 Å². The topological polar surface area (TPSA) is 79.5 Å². The molecule has 0 spiro atoms. The van der Waals surface area contributed by atoms with Crippen molar-refractivity contribution in [3.63, 3.8) is 0 Å². The highest BCUT2D eigenvalue weighted by atomic mass is 19.2. The van der Waals surface area contributed by atoms with Crippen molar-refractivity contribution in [1.29, 1.82) is 0 Å². The van der Waals surface area contributed by atoms with Crippen LogP contribution in [0.5, 0.6) is 0 Å².